The maximum Gasteiger partial charge on any atom is 0.334 e. The first-order valence-corrected chi connectivity index (χ1v) is 8.94. The molecule has 1 aliphatic heterocycles. The van der Waals surface area contributed by atoms with Crippen molar-refractivity contribution >= 4 is 11.9 Å². The van der Waals surface area contributed by atoms with Crippen molar-refractivity contribution in [1.82, 2.24) is 15.2 Å². The molecule has 0 spiro atoms. The van der Waals surface area contributed by atoms with Gasteiger partial charge in [0.05, 0.1) is 11.2 Å². The SMILES string of the molecule is Cc1ncccc1C(=O)NC(CN1CC(C(=O)O)OC(C)(C)C1)C(C)C. The molecule has 0 radical (unpaired) electrons. The minimum Gasteiger partial charge on any atom is -0.479 e. The molecule has 7 nitrogen and oxygen atoms in total. The van der Waals surface area contributed by atoms with Crippen LogP contribution < -0.4 is 5.32 Å². The number of nitrogens with zero attached hydrogens (tertiary/aromatic N) is 2. The summed E-state index contributed by atoms with van der Waals surface area (Å²) < 4.78 is 5.64. The molecule has 2 rings (SSSR count). The van der Waals surface area contributed by atoms with Gasteiger partial charge in [-0.2, -0.15) is 0 Å². The van der Waals surface area contributed by atoms with Crippen molar-refractivity contribution in [3.8, 4) is 0 Å². The zero-order valence-electron chi connectivity index (χ0n) is 16.2. The third kappa shape index (κ3) is 5.25. The third-order valence-electron chi connectivity index (χ3n) is 4.59. The predicted octanol–water partition coefficient (Wildman–Crippen LogP) is 1.71. The highest BCUT2D eigenvalue weighted by Gasteiger charge is 2.38. The first kappa shape index (κ1) is 20.3. The van der Waals surface area contributed by atoms with Crippen molar-refractivity contribution in [2.45, 2.75) is 52.4 Å². The Bertz CT molecular complexity index is 660. The lowest BCUT2D eigenvalue weighted by atomic mass is 9.99. The van der Waals surface area contributed by atoms with Crippen LogP contribution in [0.25, 0.3) is 0 Å². The predicted molar refractivity (Wildman–Crippen MR) is 98.1 cm³/mol. The van der Waals surface area contributed by atoms with Crippen LogP contribution in [0, 0.1) is 12.8 Å². The van der Waals surface area contributed by atoms with E-state index in [-0.39, 0.29) is 17.9 Å². The number of pyridine rings is 1. The van der Waals surface area contributed by atoms with Gasteiger partial charge in [-0.25, -0.2) is 4.79 Å². The third-order valence-corrected chi connectivity index (χ3v) is 4.59. The van der Waals surface area contributed by atoms with E-state index < -0.39 is 17.7 Å². The van der Waals surface area contributed by atoms with Gasteiger partial charge in [0.1, 0.15) is 0 Å². The molecule has 1 saturated heterocycles. The van der Waals surface area contributed by atoms with Crippen molar-refractivity contribution in [3.05, 3.63) is 29.6 Å². The summed E-state index contributed by atoms with van der Waals surface area (Å²) in [6, 6.07) is 3.40. The number of hydrogen-bond acceptors (Lipinski definition) is 5. The molecule has 0 aromatic carbocycles. The number of hydrogen-bond donors (Lipinski definition) is 2. The molecule has 1 aromatic heterocycles. The summed E-state index contributed by atoms with van der Waals surface area (Å²) in [6.07, 6.45) is 0.802. The van der Waals surface area contributed by atoms with Crippen molar-refractivity contribution in [2.24, 2.45) is 5.92 Å². The number of aromatic nitrogens is 1. The maximum absolute atomic E-state index is 12.6. The number of carboxylic acid groups (broad SMARTS) is 1. The molecule has 0 bridgehead atoms. The van der Waals surface area contributed by atoms with E-state index in [4.69, 9.17) is 4.74 Å². The van der Waals surface area contributed by atoms with E-state index in [1.165, 1.54) is 0 Å². The number of nitrogens with one attached hydrogen (secondary N) is 1. The zero-order valence-corrected chi connectivity index (χ0v) is 16.2. The van der Waals surface area contributed by atoms with E-state index in [0.29, 0.717) is 30.9 Å². The first-order chi connectivity index (χ1) is 12.1. The second kappa shape index (κ2) is 8.14. The summed E-state index contributed by atoms with van der Waals surface area (Å²) in [4.78, 5) is 30.2. The number of carbonyl (C=O) groups excluding carboxylic acids is 1. The molecule has 1 aromatic rings. The Labute approximate surface area is 154 Å². The van der Waals surface area contributed by atoms with Crippen LogP contribution in [0.4, 0.5) is 0 Å². The summed E-state index contributed by atoms with van der Waals surface area (Å²) in [5, 5.41) is 12.4. The van der Waals surface area contributed by atoms with Crippen molar-refractivity contribution in [1.29, 1.82) is 0 Å². The van der Waals surface area contributed by atoms with Gasteiger partial charge in [-0.1, -0.05) is 13.8 Å². The van der Waals surface area contributed by atoms with Gasteiger partial charge < -0.3 is 15.2 Å². The fourth-order valence-corrected chi connectivity index (χ4v) is 3.24. The van der Waals surface area contributed by atoms with Gasteiger partial charge in [0.15, 0.2) is 6.10 Å². The van der Waals surface area contributed by atoms with Crippen LogP contribution in [0.15, 0.2) is 18.3 Å². The number of carbonyl (C=O) groups is 2. The summed E-state index contributed by atoms with van der Waals surface area (Å²) in [6.45, 7) is 11.2. The number of aryl methyl sites for hydroxylation is 1. The number of carboxylic acids is 1. The largest absolute Gasteiger partial charge is 0.479 e. The van der Waals surface area contributed by atoms with Gasteiger partial charge in [0.2, 0.25) is 0 Å². The van der Waals surface area contributed by atoms with Gasteiger partial charge in [-0.15, -0.1) is 0 Å². The molecule has 1 aliphatic rings. The second-order valence-electron chi connectivity index (χ2n) is 7.86. The highest BCUT2D eigenvalue weighted by Crippen LogP contribution is 2.22. The molecular formula is C19H29N3O4. The average Bonchev–Trinajstić information content (AvgIpc) is 2.52. The second-order valence-corrected chi connectivity index (χ2v) is 7.86. The Morgan fingerprint density at radius 1 is 1.46 bits per heavy atom. The summed E-state index contributed by atoms with van der Waals surface area (Å²) >= 11 is 0. The van der Waals surface area contributed by atoms with E-state index >= 15 is 0 Å². The van der Waals surface area contributed by atoms with E-state index in [1.807, 2.05) is 27.7 Å². The van der Waals surface area contributed by atoms with Crippen molar-refractivity contribution < 1.29 is 19.4 Å². The van der Waals surface area contributed by atoms with Gasteiger partial charge in [0, 0.05) is 37.6 Å². The minimum absolute atomic E-state index is 0.106. The topological polar surface area (TPSA) is 91.8 Å². The quantitative estimate of drug-likeness (QED) is 0.799. The molecule has 2 N–H and O–H groups in total. The normalized spacial score (nSPS) is 21.4. The summed E-state index contributed by atoms with van der Waals surface area (Å²) in [5.41, 5.74) is 0.696. The Morgan fingerprint density at radius 3 is 2.73 bits per heavy atom. The van der Waals surface area contributed by atoms with E-state index in [9.17, 15) is 14.7 Å². The Balaban J connectivity index is 2.09. The monoisotopic (exact) mass is 363 g/mol. The van der Waals surface area contributed by atoms with Crippen molar-refractivity contribution in [3.63, 3.8) is 0 Å². The molecule has 0 aliphatic carbocycles. The number of aliphatic carboxylic acids is 1. The molecule has 26 heavy (non-hydrogen) atoms. The zero-order chi connectivity index (χ0) is 19.5. The average molecular weight is 363 g/mol. The smallest absolute Gasteiger partial charge is 0.334 e. The van der Waals surface area contributed by atoms with Crippen LogP contribution >= 0.6 is 0 Å². The highest BCUT2D eigenvalue weighted by molar-refractivity contribution is 5.95. The number of ether oxygens (including phenoxy) is 1. The molecule has 7 heteroatoms. The van der Waals surface area contributed by atoms with Gasteiger partial charge in [-0.3, -0.25) is 14.7 Å². The number of rotatable bonds is 6. The van der Waals surface area contributed by atoms with E-state index in [0.717, 1.165) is 0 Å². The summed E-state index contributed by atoms with van der Waals surface area (Å²) in [7, 11) is 0. The van der Waals surface area contributed by atoms with E-state index in [1.54, 1.807) is 25.3 Å². The highest BCUT2D eigenvalue weighted by atomic mass is 16.5. The van der Waals surface area contributed by atoms with Crippen LogP contribution in [-0.2, 0) is 9.53 Å². The maximum atomic E-state index is 12.6. The standard InChI is InChI=1S/C19H29N3O4/c1-12(2)15(21-17(23)14-7-6-8-20-13(14)3)9-22-10-16(18(24)25)26-19(4,5)11-22/h6-8,12,15-16H,9-11H2,1-5H3,(H,21,23)(H,24,25). The number of amides is 1. The van der Waals surface area contributed by atoms with Crippen LogP contribution in [0.5, 0.6) is 0 Å². The Morgan fingerprint density at radius 2 is 2.15 bits per heavy atom. The van der Waals surface area contributed by atoms with Crippen LogP contribution in [0.1, 0.15) is 43.7 Å². The fourth-order valence-electron chi connectivity index (χ4n) is 3.24. The minimum atomic E-state index is -0.959. The lowest BCUT2D eigenvalue weighted by molar-refractivity contribution is -0.178. The van der Waals surface area contributed by atoms with Gasteiger partial charge in [0.25, 0.3) is 5.91 Å². The summed E-state index contributed by atoms with van der Waals surface area (Å²) in [5.74, 6) is -0.916. The Kier molecular flexibility index (Phi) is 6.36. The molecule has 144 valence electrons. The van der Waals surface area contributed by atoms with Crippen molar-refractivity contribution in [2.75, 3.05) is 19.6 Å². The van der Waals surface area contributed by atoms with E-state index in [2.05, 4.69) is 15.2 Å². The molecule has 2 atom stereocenters. The van der Waals surface area contributed by atoms with Crippen LogP contribution in [-0.4, -0.2) is 64.2 Å². The molecular weight excluding hydrogens is 334 g/mol. The number of morpholine rings is 1. The van der Waals surface area contributed by atoms with Crippen LogP contribution in [0.2, 0.25) is 0 Å². The van der Waals surface area contributed by atoms with Gasteiger partial charge in [-0.05, 0) is 38.8 Å². The molecule has 2 heterocycles. The van der Waals surface area contributed by atoms with Gasteiger partial charge >= 0.3 is 5.97 Å². The fraction of sp³-hybridized carbons (Fsp3) is 0.632. The molecule has 2 unspecified atom stereocenters. The molecule has 1 amide bonds. The lowest BCUT2D eigenvalue weighted by Crippen LogP contribution is -2.58. The Hall–Kier alpha value is -1.99. The first-order valence-electron chi connectivity index (χ1n) is 8.94. The molecule has 1 fully saturated rings. The van der Waals surface area contributed by atoms with Crippen LogP contribution in [0.3, 0.4) is 0 Å². The lowest BCUT2D eigenvalue weighted by Gasteiger charge is -2.43. The molecule has 0 saturated carbocycles.